The molecule has 2 radical (unpaired) electrons. The molecule has 0 saturated carbocycles. The van der Waals surface area contributed by atoms with E-state index in [4.69, 9.17) is 11.6 Å². The summed E-state index contributed by atoms with van der Waals surface area (Å²) in [4.78, 5) is 0. The maximum Gasteiger partial charge on any atom is 0.0513 e. The molecule has 0 aliphatic carbocycles. The van der Waals surface area contributed by atoms with E-state index in [0.29, 0.717) is 5.03 Å². The van der Waals surface area contributed by atoms with Crippen LogP contribution in [0.15, 0.2) is 11.2 Å². The molecule has 0 fully saturated rings. The zero-order valence-electron chi connectivity index (χ0n) is 3.16. The summed E-state index contributed by atoms with van der Waals surface area (Å²) in [6.07, 6.45) is 4.56. The predicted octanol–water partition coefficient (Wildman–Crippen LogP) is 0.751. The van der Waals surface area contributed by atoms with Crippen LogP contribution >= 0.6 is 11.6 Å². The van der Waals surface area contributed by atoms with E-state index in [1.54, 1.807) is 6.20 Å². The van der Waals surface area contributed by atoms with Gasteiger partial charge in [0.05, 0.1) is 6.42 Å². The third-order valence-corrected chi connectivity index (χ3v) is 0.831. The Morgan fingerprint density at radius 3 is 3.00 bits per heavy atom. The molecule has 0 aromatic carbocycles. The maximum atomic E-state index is 5.40. The molecule has 0 spiro atoms. The number of hydrogen-bond donors (Lipinski definition) is 1. The molecule has 0 atom stereocenters. The first-order chi connectivity index (χ1) is 2.89. The van der Waals surface area contributed by atoms with Crippen LogP contribution in [0.3, 0.4) is 0 Å². The molecule has 0 amide bonds. The molecular formula is C4H4ClN. The van der Waals surface area contributed by atoms with Crippen LogP contribution in [0.25, 0.3) is 0 Å². The van der Waals surface area contributed by atoms with Crippen molar-refractivity contribution in [1.82, 2.24) is 5.32 Å². The van der Waals surface area contributed by atoms with Crippen molar-refractivity contribution in [3.8, 4) is 0 Å². The van der Waals surface area contributed by atoms with Crippen LogP contribution in [0.4, 0.5) is 0 Å². The van der Waals surface area contributed by atoms with Crippen molar-refractivity contribution in [2.24, 2.45) is 0 Å². The lowest BCUT2D eigenvalue weighted by molar-refractivity contribution is 1.00. The normalized spacial score (nSPS) is 19.8. The number of hydrogen-bond acceptors (Lipinski definition) is 1. The van der Waals surface area contributed by atoms with Crippen LogP contribution in [0, 0.1) is 6.42 Å². The highest BCUT2D eigenvalue weighted by Gasteiger charge is 1.97. The molecule has 0 unspecified atom stereocenters. The monoisotopic (exact) mass is 101 g/mol. The summed E-state index contributed by atoms with van der Waals surface area (Å²) in [6, 6.07) is 0. The summed E-state index contributed by atoms with van der Waals surface area (Å²) < 4.78 is 0. The Balaban J connectivity index is 2.45. The van der Waals surface area contributed by atoms with Crippen molar-refractivity contribution in [2.75, 3.05) is 6.54 Å². The average molecular weight is 102 g/mol. The molecule has 2 heteroatoms. The van der Waals surface area contributed by atoms with Gasteiger partial charge in [0.15, 0.2) is 0 Å². The van der Waals surface area contributed by atoms with E-state index in [-0.39, 0.29) is 0 Å². The molecule has 0 aromatic rings. The minimum Gasteiger partial charge on any atom is -0.389 e. The van der Waals surface area contributed by atoms with E-state index in [2.05, 4.69) is 11.7 Å². The van der Waals surface area contributed by atoms with Crippen LogP contribution in [-0.4, -0.2) is 6.54 Å². The van der Waals surface area contributed by atoms with E-state index in [1.165, 1.54) is 0 Å². The van der Waals surface area contributed by atoms with Crippen molar-refractivity contribution >= 4 is 11.6 Å². The van der Waals surface area contributed by atoms with Gasteiger partial charge in [-0.3, -0.25) is 0 Å². The van der Waals surface area contributed by atoms with Gasteiger partial charge in [0.25, 0.3) is 0 Å². The number of halogens is 1. The van der Waals surface area contributed by atoms with Gasteiger partial charge in [-0.25, -0.2) is 0 Å². The second-order valence-electron chi connectivity index (χ2n) is 1.05. The second kappa shape index (κ2) is 1.52. The molecule has 0 bridgehead atoms. The quantitative estimate of drug-likeness (QED) is 0.475. The molecule has 1 heterocycles. The van der Waals surface area contributed by atoms with Gasteiger partial charge in [0.2, 0.25) is 0 Å². The van der Waals surface area contributed by atoms with Crippen LogP contribution in [0.2, 0.25) is 0 Å². The van der Waals surface area contributed by atoms with Gasteiger partial charge in [-0.1, -0.05) is 11.6 Å². The summed E-state index contributed by atoms with van der Waals surface area (Å²) >= 11 is 5.40. The summed E-state index contributed by atoms with van der Waals surface area (Å²) in [6.45, 7) is 0.763. The summed E-state index contributed by atoms with van der Waals surface area (Å²) in [5, 5.41) is 3.56. The van der Waals surface area contributed by atoms with Gasteiger partial charge >= 0.3 is 0 Å². The summed E-state index contributed by atoms with van der Waals surface area (Å²) in [7, 11) is 0. The van der Waals surface area contributed by atoms with Crippen molar-refractivity contribution in [3.63, 3.8) is 0 Å². The highest BCUT2D eigenvalue weighted by atomic mass is 35.5. The molecule has 1 N–H and O–H groups in total. The van der Waals surface area contributed by atoms with Crippen LogP contribution in [0.1, 0.15) is 0 Å². The maximum absolute atomic E-state index is 5.40. The Morgan fingerprint density at radius 2 is 2.83 bits per heavy atom. The first-order valence-corrected chi connectivity index (χ1v) is 2.10. The lowest BCUT2D eigenvalue weighted by atomic mass is 10.5. The lowest BCUT2D eigenvalue weighted by Gasteiger charge is -1.77. The fourth-order valence-corrected chi connectivity index (χ4v) is 0.471. The minimum absolute atomic E-state index is 0.690. The molecule has 0 aromatic heterocycles. The molecular weight excluding hydrogens is 97.5 g/mol. The van der Waals surface area contributed by atoms with E-state index in [1.807, 2.05) is 0 Å². The fourth-order valence-electron chi connectivity index (χ4n) is 0.327. The van der Waals surface area contributed by atoms with Gasteiger partial charge in [-0.05, 0) is 0 Å². The zero-order chi connectivity index (χ0) is 4.41. The Bertz CT molecular complexity index is 77.6. The third kappa shape index (κ3) is 0.658. The average Bonchev–Trinajstić information content (AvgIpc) is 1.86. The van der Waals surface area contributed by atoms with E-state index >= 15 is 0 Å². The van der Waals surface area contributed by atoms with Crippen LogP contribution in [0.5, 0.6) is 0 Å². The van der Waals surface area contributed by atoms with E-state index in [0.717, 1.165) is 6.54 Å². The molecule has 0 saturated heterocycles. The molecule has 1 nitrogen and oxygen atoms in total. The molecule has 1 rings (SSSR count). The Hall–Kier alpha value is -0.170. The summed E-state index contributed by atoms with van der Waals surface area (Å²) in [5.74, 6) is 0. The molecule has 32 valence electrons. The Kier molecular flexibility index (Phi) is 1.01. The lowest BCUT2D eigenvalue weighted by Crippen LogP contribution is -1.97. The standard InChI is InChI=1S/C4H4ClN/c5-4-1-2-6-3-4/h3,6H,2H2. The fraction of sp³-hybridized carbons (Fsp3) is 0.250. The van der Waals surface area contributed by atoms with Gasteiger partial charge in [0.1, 0.15) is 0 Å². The minimum atomic E-state index is 0.690. The molecule has 6 heavy (non-hydrogen) atoms. The molecule has 1 aliphatic rings. The Labute approximate surface area is 42.0 Å². The van der Waals surface area contributed by atoms with Crippen LogP contribution in [-0.2, 0) is 0 Å². The van der Waals surface area contributed by atoms with Gasteiger partial charge in [-0.2, -0.15) is 0 Å². The van der Waals surface area contributed by atoms with Crippen molar-refractivity contribution < 1.29 is 0 Å². The first-order valence-electron chi connectivity index (χ1n) is 1.72. The first kappa shape index (κ1) is 4.00. The third-order valence-electron chi connectivity index (χ3n) is 0.588. The molecule has 1 aliphatic heterocycles. The number of rotatable bonds is 0. The van der Waals surface area contributed by atoms with Crippen molar-refractivity contribution in [2.45, 2.75) is 0 Å². The SMILES string of the molecule is ClC1=CNC[C]1. The van der Waals surface area contributed by atoms with E-state index < -0.39 is 0 Å². The van der Waals surface area contributed by atoms with Gasteiger partial charge < -0.3 is 5.32 Å². The topological polar surface area (TPSA) is 12.0 Å². The van der Waals surface area contributed by atoms with Crippen molar-refractivity contribution in [1.29, 1.82) is 0 Å². The zero-order valence-corrected chi connectivity index (χ0v) is 3.92. The Morgan fingerprint density at radius 1 is 2.00 bits per heavy atom. The predicted molar refractivity (Wildman–Crippen MR) is 25.2 cm³/mol. The smallest absolute Gasteiger partial charge is 0.0513 e. The highest BCUT2D eigenvalue weighted by Crippen LogP contribution is 2.06. The van der Waals surface area contributed by atoms with Crippen LogP contribution < -0.4 is 5.32 Å². The van der Waals surface area contributed by atoms with Gasteiger partial charge in [-0.15, -0.1) is 0 Å². The highest BCUT2D eigenvalue weighted by molar-refractivity contribution is 6.31. The number of nitrogens with one attached hydrogen (secondary N) is 1. The summed E-state index contributed by atoms with van der Waals surface area (Å²) in [5.41, 5.74) is 0. The largest absolute Gasteiger partial charge is 0.389 e. The van der Waals surface area contributed by atoms with Gasteiger partial charge in [0, 0.05) is 17.8 Å². The second-order valence-corrected chi connectivity index (χ2v) is 1.46. The van der Waals surface area contributed by atoms with Crippen molar-refractivity contribution in [3.05, 3.63) is 17.7 Å². The van der Waals surface area contributed by atoms with E-state index in [9.17, 15) is 0 Å².